The number of nitrogens with one attached hydrogen (secondary N) is 1. The highest BCUT2D eigenvalue weighted by atomic mass is 16.5. The summed E-state index contributed by atoms with van der Waals surface area (Å²) in [7, 11) is 1.46. The lowest BCUT2D eigenvalue weighted by Crippen LogP contribution is -2.38. The normalized spacial score (nSPS) is 12.4. The van der Waals surface area contributed by atoms with E-state index in [1.165, 1.54) is 7.11 Å². The van der Waals surface area contributed by atoms with Crippen molar-refractivity contribution >= 4 is 17.6 Å². The molecule has 134 valence electrons. The number of ether oxygens (including phenoxy) is 3. The van der Waals surface area contributed by atoms with Gasteiger partial charge in [-0.1, -0.05) is 6.92 Å². The van der Waals surface area contributed by atoms with E-state index in [1.807, 2.05) is 13.8 Å². The highest BCUT2D eigenvalue weighted by Crippen LogP contribution is 2.26. The largest absolute Gasteiger partial charge is 0.490 e. The third kappa shape index (κ3) is 5.23. The number of carbonyl (C=O) groups excluding carboxylic acids is 2. The van der Waals surface area contributed by atoms with Gasteiger partial charge in [-0.3, -0.25) is 4.79 Å². The van der Waals surface area contributed by atoms with Gasteiger partial charge < -0.3 is 19.5 Å². The average molecular weight is 337 g/mol. The SMILES string of the molecule is CCOC(=O)c1cc(NC(=O)C(C)(C)OC)ccc1OC(C)CC. The van der Waals surface area contributed by atoms with Gasteiger partial charge in [0.25, 0.3) is 5.91 Å². The fraction of sp³-hybridized carbons (Fsp3) is 0.556. The molecule has 1 amide bonds. The predicted molar refractivity (Wildman–Crippen MR) is 92.5 cm³/mol. The number of benzene rings is 1. The van der Waals surface area contributed by atoms with Crippen LogP contribution in [0.3, 0.4) is 0 Å². The quantitative estimate of drug-likeness (QED) is 0.736. The van der Waals surface area contributed by atoms with Crippen molar-refractivity contribution in [2.75, 3.05) is 19.0 Å². The Balaban J connectivity index is 3.11. The standard InChI is InChI=1S/C18H27NO5/c1-7-12(3)24-15-10-9-13(11-14(15)16(20)23-8-2)19-17(21)18(4,5)22-6/h9-12H,7-8H2,1-6H3,(H,19,21). The van der Waals surface area contributed by atoms with E-state index in [2.05, 4.69) is 5.32 Å². The van der Waals surface area contributed by atoms with Crippen molar-refractivity contribution in [3.8, 4) is 5.75 Å². The number of hydrogen-bond donors (Lipinski definition) is 1. The van der Waals surface area contributed by atoms with Crippen LogP contribution in [-0.2, 0) is 14.3 Å². The monoisotopic (exact) mass is 337 g/mol. The number of hydrogen-bond acceptors (Lipinski definition) is 5. The molecule has 1 rings (SSSR count). The zero-order chi connectivity index (χ0) is 18.3. The van der Waals surface area contributed by atoms with Crippen LogP contribution in [0.5, 0.6) is 5.75 Å². The number of amides is 1. The minimum absolute atomic E-state index is 0.0361. The third-order valence-electron chi connectivity index (χ3n) is 3.69. The smallest absolute Gasteiger partial charge is 0.341 e. The molecule has 0 saturated heterocycles. The first kappa shape index (κ1) is 20.0. The van der Waals surface area contributed by atoms with Crippen LogP contribution < -0.4 is 10.1 Å². The molecule has 0 fully saturated rings. The number of esters is 1. The van der Waals surface area contributed by atoms with Crippen LogP contribution >= 0.6 is 0 Å². The Morgan fingerprint density at radius 2 is 1.92 bits per heavy atom. The van der Waals surface area contributed by atoms with Crippen molar-refractivity contribution in [3.63, 3.8) is 0 Å². The predicted octanol–water partition coefficient (Wildman–Crippen LogP) is 3.40. The van der Waals surface area contributed by atoms with E-state index >= 15 is 0 Å². The zero-order valence-corrected chi connectivity index (χ0v) is 15.3. The van der Waals surface area contributed by atoms with Gasteiger partial charge in [-0.05, 0) is 52.3 Å². The van der Waals surface area contributed by atoms with E-state index in [0.29, 0.717) is 11.4 Å². The molecule has 0 radical (unpaired) electrons. The molecule has 0 bridgehead atoms. The van der Waals surface area contributed by atoms with Crippen molar-refractivity contribution in [2.24, 2.45) is 0 Å². The van der Waals surface area contributed by atoms with Gasteiger partial charge in [0.2, 0.25) is 0 Å². The highest BCUT2D eigenvalue weighted by molar-refractivity contribution is 5.99. The summed E-state index contributed by atoms with van der Waals surface area (Å²) in [5.41, 5.74) is -0.217. The van der Waals surface area contributed by atoms with Gasteiger partial charge in [0, 0.05) is 12.8 Å². The van der Waals surface area contributed by atoms with Crippen molar-refractivity contribution < 1.29 is 23.8 Å². The Labute approximate surface area is 143 Å². The molecular formula is C18H27NO5. The summed E-state index contributed by atoms with van der Waals surface area (Å²) >= 11 is 0. The molecule has 1 N–H and O–H groups in total. The van der Waals surface area contributed by atoms with E-state index < -0.39 is 11.6 Å². The Bertz CT molecular complexity index is 583. The molecule has 6 heteroatoms. The fourth-order valence-corrected chi connectivity index (χ4v) is 1.75. The number of carbonyl (C=O) groups is 2. The minimum Gasteiger partial charge on any atom is -0.490 e. The topological polar surface area (TPSA) is 73.9 Å². The lowest BCUT2D eigenvalue weighted by molar-refractivity contribution is -0.133. The Morgan fingerprint density at radius 3 is 2.46 bits per heavy atom. The van der Waals surface area contributed by atoms with Crippen LogP contribution in [0.25, 0.3) is 0 Å². The first-order valence-electron chi connectivity index (χ1n) is 8.09. The summed E-state index contributed by atoms with van der Waals surface area (Å²) in [6, 6.07) is 4.90. The van der Waals surface area contributed by atoms with E-state index in [1.54, 1.807) is 39.0 Å². The van der Waals surface area contributed by atoms with E-state index in [9.17, 15) is 9.59 Å². The summed E-state index contributed by atoms with van der Waals surface area (Å²) in [6.45, 7) is 9.24. The van der Waals surface area contributed by atoms with E-state index in [-0.39, 0.29) is 24.2 Å². The van der Waals surface area contributed by atoms with Gasteiger partial charge in [0.05, 0.1) is 12.7 Å². The fourth-order valence-electron chi connectivity index (χ4n) is 1.75. The summed E-state index contributed by atoms with van der Waals surface area (Å²) in [5.74, 6) is -0.361. The van der Waals surface area contributed by atoms with Crippen molar-refractivity contribution in [3.05, 3.63) is 23.8 Å². The number of methoxy groups -OCH3 is 1. The molecule has 1 aromatic carbocycles. The van der Waals surface area contributed by atoms with Crippen LogP contribution in [0.15, 0.2) is 18.2 Å². The van der Waals surface area contributed by atoms with Crippen LogP contribution in [0.2, 0.25) is 0 Å². The van der Waals surface area contributed by atoms with Crippen LogP contribution in [0.4, 0.5) is 5.69 Å². The molecule has 6 nitrogen and oxygen atoms in total. The molecule has 1 atom stereocenters. The zero-order valence-electron chi connectivity index (χ0n) is 15.3. The van der Waals surface area contributed by atoms with Gasteiger partial charge in [-0.25, -0.2) is 4.79 Å². The second kappa shape index (κ2) is 8.68. The lowest BCUT2D eigenvalue weighted by Gasteiger charge is -2.22. The Morgan fingerprint density at radius 1 is 1.25 bits per heavy atom. The third-order valence-corrected chi connectivity index (χ3v) is 3.69. The summed E-state index contributed by atoms with van der Waals surface area (Å²) in [6.07, 6.45) is 0.772. The van der Waals surface area contributed by atoms with Gasteiger partial charge in [-0.2, -0.15) is 0 Å². The first-order valence-corrected chi connectivity index (χ1v) is 8.09. The van der Waals surface area contributed by atoms with Gasteiger partial charge in [-0.15, -0.1) is 0 Å². The van der Waals surface area contributed by atoms with E-state index in [4.69, 9.17) is 14.2 Å². The summed E-state index contributed by atoms with van der Waals surface area (Å²) in [4.78, 5) is 24.4. The van der Waals surface area contributed by atoms with Gasteiger partial charge in [0.15, 0.2) is 0 Å². The molecule has 0 aliphatic rings. The van der Waals surface area contributed by atoms with Gasteiger partial charge in [0.1, 0.15) is 16.9 Å². The molecule has 0 aliphatic carbocycles. The number of rotatable bonds is 8. The van der Waals surface area contributed by atoms with Crippen molar-refractivity contribution in [1.29, 1.82) is 0 Å². The molecule has 0 spiro atoms. The first-order chi connectivity index (χ1) is 11.2. The lowest BCUT2D eigenvalue weighted by atomic mass is 10.1. The second-order valence-electron chi connectivity index (χ2n) is 5.94. The summed E-state index contributed by atoms with van der Waals surface area (Å²) < 4.78 is 16.0. The molecule has 1 aromatic rings. The Kier molecular flexibility index (Phi) is 7.22. The molecule has 24 heavy (non-hydrogen) atoms. The summed E-state index contributed by atoms with van der Waals surface area (Å²) in [5, 5.41) is 2.74. The molecule has 0 aromatic heterocycles. The average Bonchev–Trinajstić information content (AvgIpc) is 2.56. The van der Waals surface area contributed by atoms with Crippen molar-refractivity contribution in [2.45, 2.75) is 52.7 Å². The molecule has 0 aliphatic heterocycles. The Hall–Kier alpha value is -2.08. The minimum atomic E-state index is -0.976. The van der Waals surface area contributed by atoms with E-state index in [0.717, 1.165) is 6.42 Å². The molecule has 1 unspecified atom stereocenters. The maximum atomic E-state index is 12.2. The highest BCUT2D eigenvalue weighted by Gasteiger charge is 2.27. The van der Waals surface area contributed by atoms with Crippen LogP contribution in [0.1, 0.15) is 51.4 Å². The maximum Gasteiger partial charge on any atom is 0.341 e. The maximum absolute atomic E-state index is 12.2. The number of anilines is 1. The van der Waals surface area contributed by atoms with Crippen LogP contribution in [-0.4, -0.2) is 37.3 Å². The molecule has 0 saturated carbocycles. The second-order valence-corrected chi connectivity index (χ2v) is 5.94. The van der Waals surface area contributed by atoms with Gasteiger partial charge >= 0.3 is 5.97 Å². The molecule has 0 heterocycles. The van der Waals surface area contributed by atoms with Crippen LogP contribution in [0, 0.1) is 0 Å². The van der Waals surface area contributed by atoms with Crippen molar-refractivity contribution in [1.82, 2.24) is 0 Å². The molecular weight excluding hydrogens is 310 g/mol.